The molecular weight excluding hydrogens is 220 g/mol. The number of benzene rings is 1. The van der Waals surface area contributed by atoms with Gasteiger partial charge in [0.2, 0.25) is 0 Å². The average molecular weight is 240 g/mol. The van der Waals surface area contributed by atoms with E-state index in [4.69, 9.17) is 27.2 Å². The van der Waals surface area contributed by atoms with Crippen molar-refractivity contribution in [3.05, 3.63) is 30.0 Å². The van der Waals surface area contributed by atoms with E-state index in [0.29, 0.717) is 11.1 Å². The zero-order valence-electron chi connectivity index (χ0n) is 14.8. The van der Waals surface area contributed by atoms with E-state index < -0.39 is 14.1 Å². The molecule has 4 heteroatoms. The summed E-state index contributed by atoms with van der Waals surface area (Å²) in [7, 11) is -5.42. The summed E-state index contributed by atoms with van der Waals surface area (Å²) in [6.45, 7) is -0.191. The van der Waals surface area contributed by atoms with Gasteiger partial charge in [0.1, 0.15) is 11.5 Å². The second-order valence-corrected chi connectivity index (χ2v) is 3.28. The summed E-state index contributed by atoms with van der Waals surface area (Å²) < 4.78 is 58.0. The molecule has 1 aromatic carbocycles. The van der Waals surface area contributed by atoms with Crippen molar-refractivity contribution in [1.29, 1.82) is 0 Å². The fourth-order valence-corrected chi connectivity index (χ4v) is 1.50. The largest absolute Gasteiger partial charge is 0.497 e. The van der Waals surface area contributed by atoms with Gasteiger partial charge in [0.15, 0.2) is 11.3 Å². The standard InChI is InChI=1S/C13H14O4/c1-15-11-7-9-6-10(4-3-5-14)17-13(9)12(8-11)16-2/h3-4,6-8,14H,5H2,1-2H3/b4-3+/i1D3,2D3. The van der Waals surface area contributed by atoms with E-state index in [9.17, 15) is 0 Å². The molecule has 1 N–H and O–H groups in total. The van der Waals surface area contributed by atoms with Crippen molar-refractivity contribution < 1.29 is 27.2 Å². The van der Waals surface area contributed by atoms with Gasteiger partial charge in [-0.15, -0.1) is 0 Å². The molecule has 0 radical (unpaired) electrons. The molecule has 90 valence electrons. The molecule has 17 heavy (non-hydrogen) atoms. The second kappa shape index (κ2) is 4.93. The third kappa shape index (κ3) is 2.26. The summed E-state index contributed by atoms with van der Waals surface area (Å²) in [6, 6.07) is 4.08. The van der Waals surface area contributed by atoms with Crippen molar-refractivity contribution in [2.24, 2.45) is 0 Å². The number of fused-ring (bicyclic) bond motifs is 1. The molecule has 0 aliphatic carbocycles. The SMILES string of the molecule is [2H]C([2H])([2H])Oc1cc(OC([2H])([2H])[2H])c2oc(/C=C/CO)cc2c1. The quantitative estimate of drug-likeness (QED) is 0.891. The van der Waals surface area contributed by atoms with Gasteiger partial charge in [-0.3, -0.25) is 0 Å². The molecule has 0 aliphatic rings. The van der Waals surface area contributed by atoms with Crippen molar-refractivity contribution in [2.45, 2.75) is 0 Å². The Morgan fingerprint density at radius 2 is 2.24 bits per heavy atom. The lowest BCUT2D eigenvalue weighted by atomic mass is 10.2. The Morgan fingerprint density at radius 1 is 1.35 bits per heavy atom. The molecule has 0 saturated heterocycles. The maximum atomic E-state index is 8.77. The Hall–Kier alpha value is -1.94. The predicted molar refractivity (Wildman–Crippen MR) is 65.4 cm³/mol. The molecule has 0 saturated carbocycles. The van der Waals surface area contributed by atoms with Crippen LogP contribution in [-0.4, -0.2) is 25.8 Å². The zero-order chi connectivity index (χ0) is 17.3. The molecule has 0 spiro atoms. The van der Waals surface area contributed by atoms with Crippen molar-refractivity contribution in [3.63, 3.8) is 0 Å². The van der Waals surface area contributed by atoms with E-state index in [-0.39, 0.29) is 23.7 Å². The smallest absolute Gasteiger partial charge is 0.176 e. The lowest BCUT2D eigenvalue weighted by molar-refractivity contribution is 0.343. The lowest BCUT2D eigenvalue weighted by Crippen LogP contribution is -1.86. The first-order valence-corrected chi connectivity index (χ1v) is 4.80. The van der Waals surface area contributed by atoms with Gasteiger partial charge in [-0.05, 0) is 18.2 Å². The van der Waals surface area contributed by atoms with E-state index in [1.807, 2.05) is 0 Å². The van der Waals surface area contributed by atoms with Crippen LogP contribution in [0.5, 0.6) is 11.5 Å². The number of hydrogen-bond acceptors (Lipinski definition) is 4. The van der Waals surface area contributed by atoms with Gasteiger partial charge < -0.3 is 19.0 Å². The van der Waals surface area contributed by atoms with Crippen LogP contribution in [0.2, 0.25) is 0 Å². The third-order valence-electron chi connectivity index (χ3n) is 2.19. The van der Waals surface area contributed by atoms with Crippen LogP contribution >= 0.6 is 0 Å². The summed E-state index contributed by atoms with van der Waals surface area (Å²) in [5.41, 5.74) is 0.136. The van der Waals surface area contributed by atoms with Crippen LogP contribution in [0.1, 0.15) is 14.0 Å². The Balaban J connectivity index is 2.53. The molecule has 2 rings (SSSR count). The van der Waals surface area contributed by atoms with Gasteiger partial charge in [-0.1, -0.05) is 6.08 Å². The lowest BCUT2D eigenvalue weighted by Gasteiger charge is -2.03. The number of rotatable bonds is 4. The first kappa shape index (κ1) is 6.12. The molecule has 0 atom stereocenters. The van der Waals surface area contributed by atoms with Crippen molar-refractivity contribution in [3.8, 4) is 11.5 Å². The molecule has 0 amide bonds. The van der Waals surface area contributed by atoms with E-state index in [0.717, 1.165) is 6.07 Å². The van der Waals surface area contributed by atoms with E-state index >= 15 is 0 Å². The van der Waals surface area contributed by atoms with E-state index in [1.165, 1.54) is 18.2 Å². The minimum Gasteiger partial charge on any atom is -0.497 e. The van der Waals surface area contributed by atoms with Gasteiger partial charge in [-0.2, -0.15) is 0 Å². The average Bonchev–Trinajstić information content (AvgIpc) is 2.75. The predicted octanol–water partition coefficient (Wildman–Crippen LogP) is 2.46. The van der Waals surface area contributed by atoms with Crippen molar-refractivity contribution in [1.82, 2.24) is 0 Å². The molecule has 0 aliphatic heterocycles. The van der Waals surface area contributed by atoms with Crippen LogP contribution in [0, 0.1) is 0 Å². The first-order chi connectivity index (χ1) is 10.6. The maximum Gasteiger partial charge on any atom is 0.176 e. The van der Waals surface area contributed by atoms with Gasteiger partial charge >= 0.3 is 0 Å². The van der Waals surface area contributed by atoms with E-state index in [1.54, 1.807) is 6.07 Å². The summed E-state index contributed by atoms with van der Waals surface area (Å²) in [4.78, 5) is 0. The molecule has 0 bridgehead atoms. The number of furan rings is 1. The maximum absolute atomic E-state index is 8.77. The van der Waals surface area contributed by atoms with Crippen molar-refractivity contribution >= 4 is 17.0 Å². The Morgan fingerprint density at radius 3 is 3.00 bits per heavy atom. The van der Waals surface area contributed by atoms with Crippen LogP contribution in [0.15, 0.2) is 28.7 Å². The van der Waals surface area contributed by atoms with Gasteiger partial charge in [0.05, 0.1) is 28.9 Å². The van der Waals surface area contributed by atoms with Crippen LogP contribution < -0.4 is 9.47 Å². The molecule has 1 aromatic heterocycles. The fourth-order valence-electron chi connectivity index (χ4n) is 1.50. The molecule has 0 fully saturated rings. The van der Waals surface area contributed by atoms with Crippen LogP contribution in [0.4, 0.5) is 0 Å². The fraction of sp³-hybridized carbons (Fsp3) is 0.231. The second-order valence-electron chi connectivity index (χ2n) is 3.28. The highest BCUT2D eigenvalue weighted by atomic mass is 16.5. The first-order valence-electron chi connectivity index (χ1n) is 7.80. The molecule has 2 aromatic rings. The van der Waals surface area contributed by atoms with Crippen LogP contribution in [0.25, 0.3) is 17.0 Å². The Labute approximate surface area is 107 Å². The highest BCUT2D eigenvalue weighted by Crippen LogP contribution is 2.33. The zero-order valence-corrected chi connectivity index (χ0v) is 8.77. The summed E-state index contributed by atoms with van der Waals surface area (Å²) in [6.07, 6.45) is 2.92. The van der Waals surface area contributed by atoms with Gasteiger partial charge in [0.25, 0.3) is 0 Å². The highest BCUT2D eigenvalue weighted by Gasteiger charge is 2.10. The minimum atomic E-state index is -2.74. The normalized spacial score (nSPS) is 17.9. The van der Waals surface area contributed by atoms with Crippen LogP contribution in [0.3, 0.4) is 0 Å². The minimum absolute atomic E-state index is 0.0739. The molecular formula is C13H14O4. The number of ether oxygens (including phenoxy) is 2. The number of aliphatic hydroxyl groups is 1. The molecule has 4 nitrogen and oxygen atoms in total. The van der Waals surface area contributed by atoms with Crippen LogP contribution in [-0.2, 0) is 0 Å². The summed E-state index contributed by atoms with van der Waals surface area (Å²) in [5, 5.41) is 9.18. The Kier molecular flexibility index (Phi) is 1.77. The van der Waals surface area contributed by atoms with Gasteiger partial charge in [0, 0.05) is 11.5 Å². The molecule has 1 heterocycles. The van der Waals surface area contributed by atoms with E-state index in [2.05, 4.69) is 0 Å². The Bertz CT molecular complexity index is 714. The highest BCUT2D eigenvalue weighted by molar-refractivity contribution is 5.86. The number of aliphatic hydroxyl groups excluding tert-OH is 1. The molecule has 0 unspecified atom stereocenters. The van der Waals surface area contributed by atoms with Gasteiger partial charge in [-0.25, -0.2) is 0 Å². The third-order valence-corrected chi connectivity index (χ3v) is 2.19. The summed E-state index contributed by atoms with van der Waals surface area (Å²) >= 11 is 0. The number of methoxy groups -OCH3 is 2. The number of hydrogen-bond donors (Lipinski definition) is 1. The topological polar surface area (TPSA) is 51.8 Å². The monoisotopic (exact) mass is 240 g/mol. The summed E-state index contributed by atoms with van der Waals surface area (Å²) in [5.74, 6) is 0.108. The van der Waals surface area contributed by atoms with Crippen molar-refractivity contribution in [2.75, 3.05) is 20.7 Å².